The third-order valence-corrected chi connectivity index (χ3v) is 4.67. The van der Waals surface area contributed by atoms with Crippen LogP contribution < -0.4 is 10.6 Å². The highest BCUT2D eigenvalue weighted by Crippen LogP contribution is 2.30. The first kappa shape index (κ1) is 17.7. The number of anilines is 1. The standard InChI is InChI=1S/C17H22ClFN2O2/c1-10(2)12-5-3-4-6-15(12)21-17(23)16(22)20-11-7-8-14(19)13(18)9-11/h7-10,12,15H,3-6H2,1-2H3,(H,20,22)(H,21,23). The van der Waals surface area contributed by atoms with E-state index < -0.39 is 17.6 Å². The molecule has 0 bridgehead atoms. The SMILES string of the molecule is CC(C)C1CCCCC1NC(=O)C(=O)Nc1ccc(F)c(Cl)c1. The molecule has 4 nitrogen and oxygen atoms in total. The van der Waals surface area contributed by atoms with Gasteiger partial charge in [-0.3, -0.25) is 9.59 Å². The second kappa shape index (κ2) is 7.77. The molecule has 126 valence electrons. The zero-order valence-electron chi connectivity index (χ0n) is 13.4. The molecule has 0 saturated heterocycles. The van der Waals surface area contributed by atoms with Gasteiger partial charge in [-0.05, 0) is 42.9 Å². The van der Waals surface area contributed by atoms with Gasteiger partial charge < -0.3 is 10.6 Å². The zero-order chi connectivity index (χ0) is 17.0. The highest BCUT2D eigenvalue weighted by molar-refractivity contribution is 6.40. The molecule has 0 aromatic heterocycles. The maximum absolute atomic E-state index is 13.1. The summed E-state index contributed by atoms with van der Waals surface area (Å²) < 4.78 is 13.1. The van der Waals surface area contributed by atoms with Crippen LogP contribution in [0.3, 0.4) is 0 Å². The van der Waals surface area contributed by atoms with E-state index in [1.165, 1.54) is 12.1 Å². The van der Waals surface area contributed by atoms with Crippen LogP contribution in [0, 0.1) is 17.7 Å². The van der Waals surface area contributed by atoms with E-state index in [-0.39, 0.29) is 11.1 Å². The Morgan fingerprint density at radius 2 is 1.91 bits per heavy atom. The van der Waals surface area contributed by atoms with Crippen LogP contribution in [-0.2, 0) is 9.59 Å². The van der Waals surface area contributed by atoms with Gasteiger partial charge >= 0.3 is 11.8 Å². The van der Waals surface area contributed by atoms with Crippen molar-refractivity contribution in [2.24, 2.45) is 11.8 Å². The van der Waals surface area contributed by atoms with Crippen molar-refractivity contribution < 1.29 is 14.0 Å². The Bertz CT molecular complexity index is 592. The molecule has 1 aromatic rings. The average Bonchev–Trinajstić information content (AvgIpc) is 2.51. The topological polar surface area (TPSA) is 58.2 Å². The zero-order valence-corrected chi connectivity index (χ0v) is 14.1. The minimum Gasteiger partial charge on any atom is -0.345 e. The van der Waals surface area contributed by atoms with E-state index in [0.717, 1.165) is 31.7 Å². The summed E-state index contributed by atoms with van der Waals surface area (Å²) in [6.45, 7) is 4.27. The summed E-state index contributed by atoms with van der Waals surface area (Å²) in [5, 5.41) is 5.18. The van der Waals surface area contributed by atoms with Crippen molar-refractivity contribution in [1.82, 2.24) is 5.32 Å². The number of halogens is 2. The summed E-state index contributed by atoms with van der Waals surface area (Å²) >= 11 is 5.66. The fraction of sp³-hybridized carbons (Fsp3) is 0.529. The summed E-state index contributed by atoms with van der Waals surface area (Å²) in [7, 11) is 0. The van der Waals surface area contributed by atoms with Gasteiger partial charge in [0.15, 0.2) is 0 Å². The Morgan fingerprint density at radius 1 is 1.22 bits per heavy atom. The minimum atomic E-state index is -0.763. The minimum absolute atomic E-state index is 0.0267. The van der Waals surface area contributed by atoms with Gasteiger partial charge in [0.25, 0.3) is 0 Å². The monoisotopic (exact) mass is 340 g/mol. The molecule has 23 heavy (non-hydrogen) atoms. The van der Waals surface area contributed by atoms with Crippen LogP contribution in [0.4, 0.5) is 10.1 Å². The number of hydrogen-bond donors (Lipinski definition) is 2. The molecule has 0 spiro atoms. The predicted octanol–water partition coefficient (Wildman–Crippen LogP) is 3.75. The van der Waals surface area contributed by atoms with Crippen LogP contribution in [0.15, 0.2) is 18.2 Å². The van der Waals surface area contributed by atoms with Gasteiger partial charge in [0.2, 0.25) is 0 Å². The Balaban J connectivity index is 1.96. The van der Waals surface area contributed by atoms with Gasteiger partial charge in [-0.25, -0.2) is 4.39 Å². The molecule has 1 aromatic carbocycles. The summed E-state index contributed by atoms with van der Waals surface area (Å²) in [4.78, 5) is 24.1. The van der Waals surface area contributed by atoms with Crippen LogP contribution >= 0.6 is 11.6 Å². The van der Waals surface area contributed by atoms with Crippen molar-refractivity contribution in [3.8, 4) is 0 Å². The van der Waals surface area contributed by atoms with Gasteiger partial charge in [0.05, 0.1) is 5.02 Å². The molecule has 0 heterocycles. The second-order valence-electron chi connectivity index (χ2n) is 6.36. The first-order valence-electron chi connectivity index (χ1n) is 7.95. The summed E-state index contributed by atoms with van der Waals surface area (Å²) in [6, 6.07) is 3.81. The Labute approximate surface area is 140 Å². The fourth-order valence-corrected chi connectivity index (χ4v) is 3.31. The van der Waals surface area contributed by atoms with Crippen LogP contribution in [0.2, 0.25) is 5.02 Å². The predicted molar refractivity (Wildman–Crippen MR) is 88.8 cm³/mol. The average molecular weight is 341 g/mol. The summed E-state index contributed by atoms with van der Waals surface area (Å²) in [6.07, 6.45) is 4.18. The van der Waals surface area contributed by atoms with Crippen molar-refractivity contribution >= 4 is 29.1 Å². The number of amides is 2. The molecule has 2 amide bonds. The van der Waals surface area contributed by atoms with Crippen LogP contribution in [0.5, 0.6) is 0 Å². The molecule has 1 saturated carbocycles. The molecular formula is C17H22ClFN2O2. The van der Waals surface area contributed by atoms with Crippen LogP contribution in [0.1, 0.15) is 39.5 Å². The molecule has 0 radical (unpaired) electrons. The number of benzene rings is 1. The largest absolute Gasteiger partial charge is 0.345 e. The molecule has 6 heteroatoms. The Morgan fingerprint density at radius 3 is 2.57 bits per heavy atom. The second-order valence-corrected chi connectivity index (χ2v) is 6.76. The quantitative estimate of drug-likeness (QED) is 0.823. The van der Waals surface area contributed by atoms with E-state index in [9.17, 15) is 14.0 Å². The number of hydrogen-bond acceptors (Lipinski definition) is 2. The molecule has 2 atom stereocenters. The van der Waals surface area contributed by atoms with Crippen molar-refractivity contribution in [3.05, 3.63) is 29.0 Å². The molecule has 1 aliphatic carbocycles. The lowest BCUT2D eigenvalue weighted by Gasteiger charge is -2.34. The van der Waals surface area contributed by atoms with Crippen molar-refractivity contribution in [3.63, 3.8) is 0 Å². The van der Waals surface area contributed by atoms with Gasteiger partial charge in [0, 0.05) is 11.7 Å². The lowest BCUT2D eigenvalue weighted by atomic mass is 9.78. The lowest BCUT2D eigenvalue weighted by Crippen LogP contribution is -2.47. The molecule has 1 aliphatic rings. The first-order valence-corrected chi connectivity index (χ1v) is 8.33. The molecule has 2 unspecified atom stereocenters. The molecule has 2 rings (SSSR count). The normalized spacial score (nSPS) is 21.1. The Kier molecular flexibility index (Phi) is 5.99. The fourth-order valence-electron chi connectivity index (χ4n) is 3.13. The molecule has 0 aliphatic heterocycles. The third-order valence-electron chi connectivity index (χ3n) is 4.38. The molecule has 1 fully saturated rings. The van der Waals surface area contributed by atoms with E-state index in [4.69, 9.17) is 11.6 Å². The highest BCUT2D eigenvalue weighted by atomic mass is 35.5. The van der Waals surface area contributed by atoms with Gasteiger partial charge in [-0.15, -0.1) is 0 Å². The van der Waals surface area contributed by atoms with E-state index in [2.05, 4.69) is 24.5 Å². The summed E-state index contributed by atoms with van der Waals surface area (Å²) in [5.74, 6) is -1.15. The van der Waals surface area contributed by atoms with E-state index in [1.807, 2.05) is 0 Å². The molecule has 2 N–H and O–H groups in total. The number of rotatable bonds is 3. The molecular weight excluding hydrogens is 319 g/mol. The van der Waals surface area contributed by atoms with E-state index in [1.54, 1.807) is 0 Å². The van der Waals surface area contributed by atoms with E-state index in [0.29, 0.717) is 17.5 Å². The van der Waals surface area contributed by atoms with Crippen molar-refractivity contribution in [2.75, 3.05) is 5.32 Å². The highest BCUT2D eigenvalue weighted by Gasteiger charge is 2.30. The van der Waals surface area contributed by atoms with Crippen LogP contribution in [0.25, 0.3) is 0 Å². The van der Waals surface area contributed by atoms with Crippen molar-refractivity contribution in [1.29, 1.82) is 0 Å². The maximum Gasteiger partial charge on any atom is 0.313 e. The van der Waals surface area contributed by atoms with Crippen LogP contribution in [-0.4, -0.2) is 17.9 Å². The van der Waals surface area contributed by atoms with Crippen molar-refractivity contribution in [2.45, 2.75) is 45.6 Å². The summed E-state index contributed by atoms with van der Waals surface area (Å²) in [5.41, 5.74) is 0.292. The first-order chi connectivity index (χ1) is 10.9. The van der Waals surface area contributed by atoms with E-state index >= 15 is 0 Å². The van der Waals surface area contributed by atoms with Gasteiger partial charge in [-0.1, -0.05) is 38.3 Å². The smallest absolute Gasteiger partial charge is 0.313 e. The maximum atomic E-state index is 13.1. The van der Waals surface area contributed by atoms with Gasteiger partial charge in [-0.2, -0.15) is 0 Å². The number of carbonyl (C=O) groups excluding carboxylic acids is 2. The Hall–Kier alpha value is -1.62. The third kappa shape index (κ3) is 4.67. The number of nitrogens with one attached hydrogen (secondary N) is 2. The lowest BCUT2D eigenvalue weighted by molar-refractivity contribution is -0.137. The van der Waals surface area contributed by atoms with Gasteiger partial charge in [0.1, 0.15) is 5.82 Å². The number of carbonyl (C=O) groups is 2.